The molecule has 1 saturated carbocycles. The Morgan fingerprint density at radius 1 is 1.13 bits per heavy atom. The smallest absolute Gasteiger partial charge is 0.342 e. The number of amides is 2. The van der Waals surface area contributed by atoms with Gasteiger partial charge in [0.25, 0.3) is 5.91 Å². The topological polar surface area (TPSA) is 145 Å². The van der Waals surface area contributed by atoms with E-state index in [0.717, 1.165) is 17.7 Å². The minimum atomic E-state index is -3.84. The Kier molecular flexibility index (Phi) is 6.48. The number of benzene rings is 1. The van der Waals surface area contributed by atoms with E-state index >= 15 is 0 Å². The van der Waals surface area contributed by atoms with E-state index in [1.807, 2.05) is 6.92 Å². The van der Waals surface area contributed by atoms with Crippen LogP contribution in [0.5, 0.6) is 0 Å². The Morgan fingerprint density at radius 2 is 1.74 bits per heavy atom. The first kappa shape index (κ1) is 22.9. The van der Waals surface area contributed by atoms with E-state index in [1.54, 1.807) is 6.92 Å². The number of ether oxygens (including phenoxy) is 1. The molecule has 3 rings (SSSR count). The van der Waals surface area contributed by atoms with Gasteiger partial charge < -0.3 is 15.4 Å². The Hall–Kier alpha value is -2.76. The highest BCUT2D eigenvalue weighted by Gasteiger charge is 2.32. The van der Waals surface area contributed by atoms with Crippen LogP contribution in [-0.4, -0.2) is 32.3 Å². The second-order valence-electron chi connectivity index (χ2n) is 7.36. The molecule has 2 aromatic rings. The second-order valence-corrected chi connectivity index (χ2v) is 10.1. The molecule has 2 amide bonds. The fourth-order valence-corrected chi connectivity index (χ4v) is 4.33. The predicted octanol–water partition coefficient (Wildman–Crippen LogP) is 2.54. The summed E-state index contributed by atoms with van der Waals surface area (Å²) in [7, 11) is -3.84. The molecule has 9 nitrogen and oxygen atoms in total. The van der Waals surface area contributed by atoms with E-state index in [9.17, 15) is 22.8 Å². The van der Waals surface area contributed by atoms with Crippen molar-refractivity contribution in [2.75, 3.05) is 10.6 Å². The average Bonchev–Trinajstić information content (AvgIpc) is 3.49. The molecular formula is C20H23N3O6S2. The lowest BCUT2D eigenvalue weighted by Gasteiger charge is -2.15. The highest BCUT2D eigenvalue weighted by molar-refractivity contribution is 7.89. The van der Waals surface area contributed by atoms with Gasteiger partial charge in [0.1, 0.15) is 5.00 Å². The summed E-state index contributed by atoms with van der Waals surface area (Å²) in [6, 6.07) is 5.27. The number of anilines is 2. The van der Waals surface area contributed by atoms with Crippen LogP contribution in [0.1, 0.15) is 40.6 Å². The summed E-state index contributed by atoms with van der Waals surface area (Å²) >= 11 is 1.29. The molecule has 1 atom stereocenters. The molecule has 0 bridgehead atoms. The van der Waals surface area contributed by atoms with Crippen LogP contribution < -0.4 is 15.8 Å². The summed E-state index contributed by atoms with van der Waals surface area (Å²) in [6.45, 7) is 5.01. The predicted molar refractivity (Wildman–Crippen MR) is 116 cm³/mol. The first-order valence-corrected chi connectivity index (χ1v) is 11.9. The number of hydrogen-bond acceptors (Lipinski definition) is 7. The first-order chi connectivity index (χ1) is 14.5. The Bertz CT molecular complexity index is 1130. The summed E-state index contributed by atoms with van der Waals surface area (Å²) in [5.74, 6) is -1.44. The molecule has 0 saturated heterocycles. The molecule has 0 spiro atoms. The summed E-state index contributed by atoms with van der Waals surface area (Å²) < 4.78 is 27.9. The lowest BCUT2D eigenvalue weighted by atomic mass is 10.1. The van der Waals surface area contributed by atoms with Gasteiger partial charge in [0.15, 0.2) is 6.10 Å². The van der Waals surface area contributed by atoms with E-state index in [-0.39, 0.29) is 22.3 Å². The summed E-state index contributed by atoms with van der Waals surface area (Å²) in [5, 5.41) is 10.8. The molecule has 0 aliphatic heterocycles. The van der Waals surface area contributed by atoms with Crippen LogP contribution >= 0.6 is 11.3 Å². The number of sulfonamides is 1. The minimum absolute atomic E-state index is 0.0167. The highest BCUT2D eigenvalue weighted by atomic mass is 32.2. The van der Waals surface area contributed by atoms with E-state index in [0.29, 0.717) is 16.3 Å². The molecule has 166 valence electrons. The van der Waals surface area contributed by atoms with Gasteiger partial charge in [0.05, 0.1) is 10.5 Å². The largest absolute Gasteiger partial charge is 0.449 e. The third kappa shape index (κ3) is 5.49. The normalized spacial score (nSPS) is 14.6. The van der Waals surface area contributed by atoms with Gasteiger partial charge in [-0.1, -0.05) is 0 Å². The maximum Gasteiger partial charge on any atom is 0.342 e. The number of carbonyl (C=O) groups excluding carboxylic acids is 3. The van der Waals surface area contributed by atoms with Crippen LogP contribution in [0.4, 0.5) is 10.7 Å². The van der Waals surface area contributed by atoms with Crippen molar-refractivity contribution < 1.29 is 27.5 Å². The quantitative estimate of drug-likeness (QED) is 0.536. The monoisotopic (exact) mass is 465 g/mol. The lowest BCUT2D eigenvalue weighted by molar-refractivity contribution is -0.123. The van der Waals surface area contributed by atoms with Gasteiger partial charge in [-0.05, 0) is 63.4 Å². The molecular weight excluding hydrogens is 442 g/mol. The number of aryl methyl sites for hydroxylation is 1. The molecule has 1 aromatic carbocycles. The van der Waals surface area contributed by atoms with Crippen molar-refractivity contribution in [3.63, 3.8) is 0 Å². The van der Waals surface area contributed by atoms with Crippen molar-refractivity contribution in [1.82, 2.24) is 0 Å². The maximum absolute atomic E-state index is 12.8. The van der Waals surface area contributed by atoms with E-state index in [4.69, 9.17) is 9.88 Å². The van der Waals surface area contributed by atoms with E-state index in [1.165, 1.54) is 42.5 Å². The third-order valence-corrected chi connectivity index (χ3v) is 6.93. The van der Waals surface area contributed by atoms with Crippen LogP contribution in [0.3, 0.4) is 0 Å². The standard InChI is InChI=1S/C20H23N3O6S2/c1-10-12(3)30-19(23-18(25)13-4-5-13)16(10)20(26)29-11(2)17(24)22-14-6-8-15(9-7-14)31(21,27)28/h6-9,11,13H,4-5H2,1-3H3,(H,22,24)(H,23,25)(H2,21,27,28). The van der Waals surface area contributed by atoms with Crippen LogP contribution in [-0.2, 0) is 24.3 Å². The highest BCUT2D eigenvalue weighted by Crippen LogP contribution is 2.36. The van der Waals surface area contributed by atoms with Crippen molar-refractivity contribution in [2.24, 2.45) is 11.1 Å². The van der Waals surface area contributed by atoms with Crippen molar-refractivity contribution in [1.29, 1.82) is 0 Å². The van der Waals surface area contributed by atoms with Gasteiger partial charge in [-0.15, -0.1) is 11.3 Å². The zero-order valence-electron chi connectivity index (χ0n) is 17.2. The number of nitrogens with one attached hydrogen (secondary N) is 2. The third-order valence-electron chi connectivity index (χ3n) is 4.88. The van der Waals surface area contributed by atoms with Crippen LogP contribution in [0.15, 0.2) is 29.2 Å². The maximum atomic E-state index is 12.8. The number of thiophene rings is 1. The van der Waals surface area contributed by atoms with Gasteiger partial charge in [-0.3, -0.25) is 9.59 Å². The van der Waals surface area contributed by atoms with Crippen LogP contribution in [0, 0.1) is 19.8 Å². The van der Waals surface area contributed by atoms with Crippen molar-refractivity contribution >= 4 is 49.8 Å². The molecule has 4 N–H and O–H groups in total. The molecule has 1 heterocycles. The number of esters is 1. The summed E-state index contributed by atoms with van der Waals surface area (Å²) in [6.07, 6.45) is 0.548. The number of hydrogen-bond donors (Lipinski definition) is 3. The Balaban J connectivity index is 1.67. The fraction of sp³-hybridized carbons (Fsp3) is 0.350. The SMILES string of the molecule is Cc1sc(NC(=O)C2CC2)c(C(=O)OC(C)C(=O)Nc2ccc(S(N)(=O)=O)cc2)c1C. The van der Waals surface area contributed by atoms with Crippen molar-refractivity contribution in [3.8, 4) is 0 Å². The number of nitrogens with two attached hydrogens (primary N) is 1. The van der Waals surface area contributed by atoms with Crippen LogP contribution in [0.25, 0.3) is 0 Å². The van der Waals surface area contributed by atoms with Crippen LogP contribution in [0.2, 0.25) is 0 Å². The second kappa shape index (κ2) is 8.77. The van der Waals surface area contributed by atoms with Crippen molar-refractivity contribution in [3.05, 3.63) is 40.3 Å². The van der Waals surface area contributed by atoms with E-state index in [2.05, 4.69) is 10.6 Å². The molecule has 1 unspecified atom stereocenters. The number of primary sulfonamides is 1. The summed E-state index contributed by atoms with van der Waals surface area (Å²) in [4.78, 5) is 38.1. The zero-order chi connectivity index (χ0) is 22.9. The zero-order valence-corrected chi connectivity index (χ0v) is 18.9. The first-order valence-electron chi connectivity index (χ1n) is 9.53. The summed E-state index contributed by atoms with van der Waals surface area (Å²) in [5.41, 5.74) is 1.25. The molecule has 1 fully saturated rings. The lowest BCUT2D eigenvalue weighted by Crippen LogP contribution is -2.30. The fourth-order valence-electron chi connectivity index (χ4n) is 2.77. The molecule has 1 aliphatic rings. The Morgan fingerprint density at radius 3 is 2.29 bits per heavy atom. The molecule has 11 heteroatoms. The average molecular weight is 466 g/mol. The number of rotatable bonds is 7. The van der Waals surface area contributed by atoms with Gasteiger partial charge in [0.2, 0.25) is 15.9 Å². The molecule has 1 aromatic heterocycles. The molecule has 1 aliphatic carbocycles. The van der Waals surface area contributed by atoms with Gasteiger partial charge >= 0.3 is 5.97 Å². The van der Waals surface area contributed by atoms with Gasteiger partial charge in [-0.2, -0.15) is 0 Å². The van der Waals surface area contributed by atoms with Gasteiger partial charge in [-0.25, -0.2) is 18.4 Å². The Labute approximate surface area is 184 Å². The molecule has 31 heavy (non-hydrogen) atoms. The number of carbonyl (C=O) groups is 3. The minimum Gasteiger partial charge on any atom is -0.449 e. The van der Waals surface area contributed by atoms with E-state index < -0.39 is 28.0 Å². The van der Waals surface area contributed by atoms with Gasteiger partial charge in [0, 0.05) is 16.5 Å². The van der Waals surface area contributed by atoms with Crippen molar-refractivity contribution in [2.45, 2.75) is 44.6 Å². The molecule has 0 radical (unpaired) electrons.